The Labute approximate surface area is 187 Å². The second-order valence-electron chi connectivity index (χ2n) is 7.80. The lowest BCUT2D eigenvalue weighted by Crippen LogP contribution is -2.07. The summed E-state index contributed by atoms with van der Waals surface area (Å²) in [6, 6.07) is 33.8. The number of hydrogen-bond donors (Lipinski definition) is 0. The van der Waals surface area contributed by atoms with E-state index in [1.54, 1.807) is 0 Å². The van der Waals surface area contributed by atoms with Crippen LogP contribution in [0.3, 0.4) is 0 Å². The molecule has 0 saturated carbocycles. The third-order valence-electron chi connectivity index (χ3n) is 5.08. The molecule has 0 spiro atoms. The van der Waals surface area contributed by atoms with Crippen molar-refractivity contribution >= 4 is 22.7 Å². The summed E-state index contributed by atoms with van der Waals surface area (Å²) >= 11 is 1.86. The molecule has 0 fully saturated rings. The maximum absolute atomic E-state index is 2.37. The first-order chi connectivity index (χ1) is 14.5. The van der Waals surface area contributed by atoms with Crippen molar-refractivity contribution in [3.8, 4) is 0 Å². The lowest BCUT2D eigenvalue weighted by atomic mass is 10.2. The van der Waals surface area contributed by atoms with Crippen LogP contribution in [0.15, 0.2) is 115 Å². The highest BCUT2D eigenvalue weighted by Crippen LogP contribution is 2.40. The van der Waals surface area contributed by atoms with Crippen molar-refractivity contribution in [3.05, 3.63) is 113 Å². The van der Waals surface area contributed by atoms with Gasteiger partial charge < -0.3 is 0 Å². The predicted molar refractivity (Wildman–Crippen MR) is 131 cm³/mol. The number of rotatable bonds is 5. The van der Waals surface area contributed by atoms with Gasteiger partial charge in [0.1, 0.15) is 10.9 Å². The summed E-state index contributed by atoms with van der Waals surface area (Å²) in [4.78, 5) is 6.73. The first kappa shape index (κ1) is 20.8. The molecule has 0 aliphatic heterocycles. The summed E-state index contributed by atoms with van der Waals surface area (Å²) in [5, 5.41) is 0. The van der Waals surface area contributed by atoms with Crippen LogP contribution in [0.4, 0.5) is 0 Å². The van der Waals surface area contributed by atoms with Crippen LogP contribution >= 0.6 is 11.8 Å². The molecule has 0 saturated heterocycles. The third-order valence-corrected chi connectivity index (χ3v) is 8.56. The first-order valence-electron chi connectivity index (χ1n) is 10.2. The lowest BCUT2D eigenvalue weighted by molar-refractivity contribution is 1.17. The normalized spacial score (nSPS) is 11.1. The van der Waals surface area contributed by atoms with Gasteiger partial charge in [0.2, 0.25) is 0 Å². The highest BCUT2D eigenvalue weighted by molar-refractivity contribution is 8.01. The largest absolute Gasteiger partial charge is 0.180 e. The van der Waals surface area contributed by atoms with Gasteiger partial charge in [0.05, 0.1) is 4.90 Å². The van der Waals surface area contributed by atoms with Gasteiger partial charge in [-0.2, -0.15) is 0 Å². The molecule has 0 atom stereocenters. The van der Waals surface area contributed by atoms with Gasteiger partial charge in [0.15, 0.2) is 14.7 Å². The SMILES string of the molecule is Cc1ccc(Sc2ccc(C)cc2[S+](c2ccc(C)cc2)c2ccc(C)cc2)cc1. The molecular weight excluding hydrogens is 400 g/mol. The second-order valence-corrected chi connectivity index (χ2v) is 10.9. The van der Waals surface area contributed by atoms with Crippen molar-refractivity contribution in [2.45, 2.75) is 52.2 Å². The minimum atomic E-state index is -0.152. The van der Waals surface area contributed by atoms with Crippen molar-refractivity contribution in [1.82, 2.24) is 0 Å². The van der Waals surface area contributed by atoms with Crippen LogP contribution in [-0.4, -0.2) is 0 Å². The molecule has 0 heterocycles. The zero-order valence-electron chi connectivity index (χ0n) is 18.0. The van der Waals surface area contributed by atoms with E-state index in [1.807, 2.05) is 11.8 Å². The van der Waals surface area contributed by atoms with Gasteiger partial charge in [-0.15, -0.1) is 0 Å². The molecule has 4 rings (SSSR count). The van der Waals surface area contributed by atoms with Crippen LogP contribution in [0.2, 0.25) is 0 Å². The minimum Gasteiger partial charge on any atom is -0.0848 e. The number of hydrogen-bond acceptors (Lipinski definition) is 1. The molecule has 150 valence electrons. The molecule has 0 unspecified atom stereocenters. The zero-order chi connectivity index (χ0) is 21.1. The molecule has 0 bridgehead atoms. The Morgan fingerprint density at radius 2 is 0.933 bits per heavy atom. The second kappa shape index (κ2) is 9.16. The number of aryl methyl sites for hydroxylation is 4. The fraction of sp³-hybridized carbons (Fsp3) is 0.143. The van der Waals surface area contributed by atoms with Crippen LogP contribution in [0.5, 0.6) is 0 Å². The molecular formula is C28H27S2+. The van der Waals surface area contributed by atoms with Gasteiger partial charge in [-0.1, -0.05) is 70.9 Å². The van der Waals surface area contributed by atoms with Gasteiger partial charge in [-0.05, 0) is 81.8 Å². The molecule has 30 heavy (non-hydrogen) atoms. The third kappa shape index (κ3) is 4.83. The molecule has 4 aromatic carbocycles. The van der Waals surface area contributed by atoms with Crippen molar-refractivity contribution < 1.29 is 0 Å². The zero-order valence-corrected chi connectivity index (χ0v) is 19.6. The van der Waals surface area contributed by atoms with Crippen LogP contribution in [0, 0.1) is 27.7 Å². The smallest absolute Gasteiger partial charge is 0.0848 e. The molecule has 0 nitrogen and oxygen atoms in total. The van der Waals surface area contributed by atoms with Gasteiger partial charge in [0, 0.05) is 4.90 Å². The van der Waals surface area contributed by atoms with Crippen molar-refractivity contribution in [3.63, 3.8) is 0 Å². The van der Waals surface area contributed by atoms with E-state index in [4.69, 9.17) is 0 Å². The average molecular weight is 428 g/mol. The molecule has 0 aliphatic rings. The van der Waals surface area contributed by atoms with Gasteiger partial charge in [-0.3, -0.25) is 0 Å². The van der Waals surface area contributed by atoms with Gasteiger partial charge >= 0.3 is 0 Å². The van der Waals surface area contributed by atoms with E-state index in [2.05, 4.69) is 119 Å². The van der Waals surface area contributed by atoms with Crippen molar-refractivity contribution in [2.75, 3.05) is 0 Å². The minimum absolute atomic E-state index is 0.152. The Kier molecular flexibility index (Phi) is 6.36. The summed E-state index contributed by atoms with van der Waals surface area (Å²) in [6.45, 7) is 8.63. The Morgan fingerprint density at radius 1 is 0.500 bits per heavy atom. The van der Waals surface area contributed by atoms with E-state index in [9.17, 15) is 0 Å². The van der Waals surface area contributed by atoms with Crippen molar-refractivity contribution in [2.24, 2.45) is 0 Å². The van der Waals surface area contributed by atoms with E-state index in [1.165, 1.54) is 46.7 Å². The fourth-order valence-electron chi connectivity index (χ4n) is 3.33. The van der Waals surface area contributed by atoms with E-state index < -0.39 is 0 Å². The highest BCUT2D eigenvalue weighted by Gasteiger charge is 2.31. The van der Waals surface area contributed by atoms with Gasteiger partial charge in [0.25, 0.3) is 0 Å². The van der Waals surface area contributed by atoms with E-state index in [0.29, 0.717) is 0 Å². The molecule has 0 aromatic heterocycles. The Balaban J connectivity index is 1.85. The summed E-state index contributed by atoms with van der Waals surface area (Å²) in [5.74, 6) is 0. The molecule has 2 heteroatoms. The standard InChI is InChI=1S/C28H27S2/c1-20-5-12-24(13-6-20)29-27-18-11-23(4)19-28(27)30(25-14-7-21(2)8-15-25)26-16-9-22(3)10-17-26/h5-19H,1-4H3/q+1. The Bertz CT molecular complexity index is 1080. The van der Waals surface area contributed by atoms with Crippen LogP contribution in [0.1, 0.15) is 22.3 Å². The molecule has 0 N–H and O–H groups in total. The molecule has 0 amide bonds. The first-order valence-corrected chi connectivity index (χ1v) is 12.3. The highest BCUT2D eigenvalue weighted by atomic mass is 32.2. The van der Waals surface area contributed by atoms with E-state index in [-0.39, 0.29) is 10.9 Å². The summed E-state index contributed by atoms with van der Waals surface area (Å²) in [7, 11) is -0.152. The van der Waals surface area contributed by atoms with Gasteiger partial charge in [-0.25, -0.2) is 0 Å². The average Bonchev–Trinajstić information content (AvgIpc) is 2.74. The summed E-state index contributed by atoms with van der Waals surface area (Å²) in [6.07, 6.45) is 0. The molecule has 0 aliphatic carbocycles. The van der Waals surface area contributed by atoms with Crippen LogP contribution < -0.4 is 0 Å². The summed E-state index contributed by atoms with van der Waals surface area (Å²) < 4.78 is 0. The van der Waals surface area contributed by atoms with Crippen molar-refractivity contribution in [1.29, 1.82) is 0 Å². The monoisotopic (exact) mass is 427 g/mol. The predicted octanol–water partition coefficient (Wildman–Crippen LogP) is 8.17. The topological polar surface area (TPSA) is 0 Å². The maximum atomic E-state index is 2.37. The van der Waals surface area contributed by atoms with E-state index in [0.717, 1.165) is 0 Å². The lowest BCUT2D eigenvalue weighted by Gasteiger charge is -2.13. The maximum Gasteiger partial charge on any atom is 0.180 e. The van der Waals surface area contributed by atoms with E-state index >= 15 is 0 Å². The quantitative estimate of drug-likeness (QED) is 0.289. The Morgan fingerprint density at radius 3 is 1.43 bits per heavy atom. The molecule has 4 aromatic rings. The fourth-order valence-corrected chi connectivity index (χ4v) is 6.70. The summed E-state index contributed by atoms with van der Waals surface area (Å²) in [5.41, 5.74) is 5.19. The Hall–Kier alpha value is -2.42. The molecule has 0 radical (unpaired) electrons. The van der Waals surface area contributed by atoms with Crippen LogP contribution in [0.25, 0.3) is 0 Å². The van der Waals surface area contributed by atoms with Crippen LogP contribution in [-0.2, 0) is 10.9 Å². The number of benzene rings is 4.